The van der Waals surface area contributed by atoms with Crippen LogP contribution in [-0.2, 0) is 6.42 Å². The van der Waals surface area contributed by atoms with Gasteiger partial charge in [-0.25, -0.2) is 0 Å². The standard InChI is InChI=1S/C40H36N4OS/c1-3-12-32-15-11-20-44(32)40(45)31-23-29(34-18-10-19-38(39(34)37-26-41-37)46-33-16-8-5-9-17-33)22-30(24-31)36-25-35(42-43-36)27(2)21-28-13-6-4-7-14-28/h4-10,13-14,16-19,22-24,26-27,32,37H,11,15,20-21,25H2,1-2H3/t27-,32?,37?/m0/s1. The number of hydrogen-bond acceptors (Lipinski definition) is 5. The molecule has 1 saturated heterocycles. The molecular formula is C40H36N4OS. The molecule has 0 saturated carbocycles. The van der Waals surface area contributed by atoms with Crippen molar-refractivity contribution in [3.63, 3.8) is 0 Å². The molecule has 0 aromatic heterocycles. The van der Waals surface area contributed by atoms with Crippen molar-refractivity contribution in [2.75, 3.05) is 6.54 Å². The summed E-state index contributed by atoms with van der Waals surface area (Å²) in [6.45, 7) is 4.78. The monoisotopic (exact) mass is 620 g/mol. The zero-order valence-corrected chi connectivity index (χ0v) is 27.0. The average Bonchev–Trinajstić information content (AvgIpc) is 3.60. The van der Waals surface area contributed by atoms with Gasteiger partial charge in [-0.3, -0.25) is 9.79 Å². The Bertz CT molecular complexity index is 1910. The Balaban J connectivity index is 1.25. The molecule has 46 heavy (non-hydrogen) atoms. The summed E-state index contributed by atoms with van der Waals surface area (Å²) in [5, 5.41) is 9.36. The zero-order chi connectivity index (χ0) is 31.5. The molecule has 228 valence electrons. The number of carbonyl (C=O) groups is 1. The molecule has 7 rings (SSSR count). The SMILES string of the molecule is CC#CC1CCCN1C(=O)c1cc(C2=NN=C([C@@H](C)Cc3ccccc3)C2)cc(-c2cccc(Sc3ccccc3)c2C2C=N2)c1. The normalized spacial score (nSPS) is 18.9. The molecule has 0 aliphatic carbocycles. The lowest BCUT2D eigenvalue weighted by molar-refractivity contribution is 0.0766. The minimum absolute atomic E-state index is 0.0181. The lowest BCUT2D eigenvalue weighted by atomic mass is 9.90. The maximum absolute atomic E-state index is 14.2. The van der Waals surface area contributed by atoms with Crippen LogP contribution in [0.2, 0.25) is 0 Å². The largest absolute Gasteiger partial charge is 0.325 e. The first-order valence-corrected chi connectivity index (χ1v) is 16.8. The van der Waals surface area contributed by atoms with Gasteiger partial charge in [0.25, 0.3) is 5.91 Å². The minimum atomic E-state index is -0.0526. The van der Waals surface area contributed by atoms with Crippen LogP contribution in [0.4, 0.5) is 0 Å². The molecule has 3 aliphatic heterocycles. The van der Waals surface area contributed by atoms with Crippen molar-refractivity contribution in [1.29, 1.82) is 0 Å². The molecule has 1 fully saturated rings. The average molecular weight is 621 g/mol. The second-order valence-corrected chi connectivity index (χ2v) is 13.2. The quantitative estimate of drug-likeness (QED) is 0.176. The van der Waals surface area contributed by atoms with Gasteiger partial charge in [0, 0.05) is 51.7 Å². The molecule has 3 aliphatic rings. The van der Waals surface area contributed by atoms with Crippen molar-refractivity contribution in [1.82, 2.24) is 4.90 Å². The molecule has 4 aromatic carbocycles. The van der Waals surface area contributed by atoms with Gasteiger partial charge < -0.3 is 4.90 Å². The number of benzene rings is 4. The van der Waals surface area contributed by atoms with Gasteiger partial charge in [0.05, 0.1) is 11.8 Å². The fraction of sp³-hybridized carbons (Fsp3) is 0.250. The van der Waals surface area contributed by atoms with Crippen molar-refractivity contribution in [3.8, 4) is 23.0 Å². The van der Waals surface area contributed by atoms with Gasteiger partial charge in [-0.15, -0.1) is 5.92 Å². The van der Waals surface area contributed by atoms with E-state index in [1.165, 1.54) is 20.9 Å². The Hall–Kier alpha value is -4.73. The second-order valence-electron chi connectivity index (χ2n) is 12.1. The van der Waals surface area contributed by atoms with Gasteiger partial charge in [-0.2, -0.15) is 10.2 Å². The summed E-state index contributed by atoms with van der Waals surface area (Å²) in [6.07, 6.45) is 5.45. The number of aliphatic imine (C=N–C) groups is 1. The van der Waals surface area contributed by atoms with E-state index in [1.807, 2.05) is 42.3 Å². The molecule has 5 nitrogen and oxygen atoms in total. The Labute approximate surface area is 275 Å². The molecule has 0 bridgehead atoms. The first-order valence-electron chi connectivity index (χ1n) is 16.0. The zero-order valence-electron chi connectivity index (χ0n) is 26.2. The first kappa shape index (κ1) is 30.0. The summed E-state index contributed by atoms with van der Waals surface area (Å²) >= 11 is 1.75. The summed E-state index contributed by atoms with van der Waals surface area (Å²) in [5.74, 6) is 6.57. The molecule has 0 N–H and O–H groups in total. The fourth-order valence-corrected chi connectivity index (χ4v) is 7.48. The van der Waals surface area contributed by atoms with Crippen LogP contribution < -0.4 is 0 Å². The molecular weight excluding hydrogens is 585 g/mol. The Kier molecular flexibility index (Phi) is 8.68. The van der Waals surface area contributed by atoms with E-state index in [9.17, 15) is 4.79 Å². The number of amides is 1. The van der Waals surface area contributed by atoms with Gasteiger partial charge in [0.2, 0.25) is 0 Å². The number of nitrogens with zero attached hydrogens (tertiary/aromatic N) is 4. The predicted molar refractivity (Wildman–Crippen MR) is 189 cm³/mol. The molecule has 3 heterocycles. The maximum atomic E-state index is 14.2. The van der Waals surface area contributed by atoms with E-state index >= 15 is 0 Å². The number of likely N-dealkylation sites (tertiary alicyclic amines) is 1. The third-order valence-corrected chi connectivity index (χ3v) is 9.96. The van der Waals surface area contributed by atoms with E-state index in [1.54, 1.807) is 11.8 Å². The van der Waals surface area contributed by atoms with Crippen LogP contribution in [0.3, 0.4) is 0 Å². The number of rotatable bonds is 9. The predicted octanol–water partition coefficient (Wildman–Crippen LogP) is 8.69. The Morgan fingerprint density at radius 3 is 2.48 bits per heavy atom. The smallest absolute Gasteiger partial charge is 0.254 e. The topological polar surface area (TPSA) is 57.4 Å². The van der Waals surface area contributed by atoms with Crippen LogP contribution in [0.5, 0.6) is 0 Å². The van der Waals surface area contributed by atoms with Crippen LogP contribution in [0.15, 0.2) is 122 Å². The van der Waals surface area contributed by atoms with Crippen molar-refractivity contribution >= 4 is 35.3 Å². The highest BCUT2D eigenvalue weighted by atomic mass is 32.2. The van der Waals surface area contributed by atoms with Crippen molar-refractivity contribution in [2.45, 2.75) is 61.4 Å². The Morgan fingerprint density at radius 2 is 1.72 bits per heavy atom. The van der Waals surface area contributed by atoms with Crippen molar-refractivity contribution < 1.29 is 4.79 Å². The first-order chi connectivity index (χ1) is 22.6. The van der Waals surface area contributed by atoms with Gasteiger partial charge in [-0.1, -0.05) is 85.3 Å². The number of carbonyl (C=O) groups excluding carboxylic acids is 1. The second kappa shape index (κ2) is 13.3. The van der Waals surface area contributed by atoms with Crippen molar-refractivity contribution in [2.24, 2.45) is 21.1 Å². The highest BCUT2D eigenvalue weighted by Crippen LogP contribution is 2.43. The minimum Gasteiger partial charge on any atom is -0.325 e. The molecule has 0 spiro atoms. The summed E-state index contributed by atoms with van der Waals surface area (Å²) in [6, 6.07) is 33.6. The summed E-state index contributed by atoms with van der Waals surface area (Å²) in [5.41, 5.74) is 8.11. The van der Waals surface area contributed by atoms with Crippen molar-refractivity contribution in [3.05, 3.63) is 119 Å². The highest BCUT2D eigenvalue weighted by molar-refractivity contribution is 7.99. The van der Waals surface area contributed by atoms with E-state index in [-0.39, 0.29) is 23.9 Å². The van der Waals surface area contributed by atoms with Gasteiger partial charge in [0.15, 0.2) is 0 Å². The van der Waals surface area contributed by atoms with Gasteiger partial charge in [0.1, 0.15) is 6.04 Å². The third-order valence-electron chi connectivity index (χ3n) is 8.88. The number of hydrogen-bond donors (Lipinski definition) is 0. The van der Waals surface area contributed by atoms with Gasteiger partial charge in [-0.05, 0) is 84.8 Å². The maximum Gasteiger partial charge on any atom is 0.254 e. The molecule has 6 heteroatoms. The molecule has 1 amide bonds. The van der Waals surface area contributed by atoms with Crippen LogP contribution in [-0.4, -0.2) is 41.0 Å². The summed E-state index contributed by atoms with van der Waals surface area (Å²) in [7, 11) is 0. The van der Waals surface area contributed by atoms with E-state index in [0.29, 0.717) is 18.5 Å². The molecule has 4 aromatic rings. The van der Waals surface area contributed by atoms with Crippen LogP contribution in [0.25, 0.3) is 11.1 Å². The Morgan fingerprint density at radius 1 is 0.957 bits per heavy atom. The van der Waals surface area contributed by atoms with E-state index in [0.717, 1.165) is 47.4 Å². The fourth-order valence-electron chi connectivity index (χ4n) is 6.45. The van der Waals surface area contributed by atoms with E-state index in [4.69, 9.17) is 5.10 Å². The van der Waals surface area contributed by atoms with Crippen LogP contribution >= 0.6 is 11.8 Å². The highest BCUT2D eigenvalue weighted by Gasteiger charge is 2.31. The molecule has 0 radical (unpaired) electrons. The lowest BCUT2D eigenvalue weighted by Crippen LogP contribution is -2.34. The third kappa shape index (κ3) is 6.47. The van der Waals surface area contributed by atoms with E-state index in [2.05, 4.69) is 102 Å². The molecule has 3 atom stereocenters. The lowest BCUT2D eigenvalue weighted by Gasteiger charge is -2.22. The summed E-state index contributed by atoms with van der Waals surface area (Å²) in [4.78, 5) is 23.0. The van der Waals surface area contributed by atoms with Gasteiger partial charge >= 0.3 is 0 Å². The summed E-state index contributed by atoms with van der Waals surface area (Å²) < 4.78 is 0. The molecule has 2 unspecified atom stereocenters. The van der Waals surface area contributed by atoms with E-state index < -0.39 is 0 Å². The van der Waals surface area contributed by atoms with Crippen LogP contribution in [0.1, 0.15) is 66.2 Å². The van der Waals surface area contributed by atoms with Crippen LogP contribution in [0, 0.1) is 17.8 Å².